The Kier molecular flexibility index (Phi) is 4.17. The Morgan fingerprint density at radius 1 is 1.23 bits per heavy atom. The normalized spacial score (nSPS) is 17.3. The van der Waals surface area contributed by atoms with Crippen LogP contribution in [0.1, 0.15) is 36.0 Å². The molecule has 2 aromatic heterocycles. The lowest BCUT2D eigenvalue weighted by atomic mass is 9.88. The summed E-state index contributed by atoms with van der Waals surface area (Å²) < 4.78 is 29.6. The number of hydrogen-bond acceptors (Lipinski definition) is 4. The number of nitrogens with one attached hydrogen (secondary N) is 1. The monoisotopic (exact) mass is 421 g/mol. The first kappa shape index (κ1) is 17.3. The maximum Gasteiger partial charge on any atom is 0.305 e. The molecule has 1 N–H and O–H groups in total. The molecule has 0 amide bonds. The van der Waals surface area contributed by atoms with E-state index in [-0.39, 0.29) is 11.8 Å². The van der Waals surface area contributed by atoms with Crippen LogP contribution in [0.4, 0.5) is 14.6 Å². The molecule has 0 bridgehead atoms. The second kappa shape index (κ2) is 6.26. The van der Waals surface area contributed by atoms with Crippen LogP contribution in [0.3, 0.4) is 0 Å². The zero-order valence-corrected chi connectivity index (χ0v) is 16.0. The van der Waals surface area contributed by atoms with Crippen molar-refractivity contribution in [3.63, 3.8) is 0 Å². The van der Waals surface area contributed by atoms with Crippen molar-refractivity contribution in [1.82, 2.24) is 19.6 Å². The lowest BCUT2D eigenvalue weighted by Crippen LogP contribution is -2.28. The second-order valence-corrected chi connectivity index (χ2v) is 7.73. The van der Waals surface area contributed by atoms with Gasteiger partial charge in [-0.15, -0.1) is 5.10 Å². The highest BCUT2D eigenvalue weighted by molar-refractivity contribution is 9.10. The summed E-state index contributed by atoms with van der Waals surface area (Å²) in [5.41, 5.74) is 3.36. The van der Waals surface area contributed by atoms with Crippen molar-refractivity contribution in [2.45, 2.75) is 45.1 Å². The summed E-state index contributed by atoms with van der Waals surface area (Å²) in [6, 6.07) is 8.36. The van der Waals surface area contributed by atoms with Crippen molar-refractivity contribution < 1.29 is 8.78 Å². The minimum absolute atomic E-state index is 0.183. The third-order valence-corrected chi connectivity index (χ3v) is 5.07. The lowest BCUT2D eigenvalue weighted by molar-refractivity contribution is 0.00800. The smallest absolute Gasteiger partial charge is 0.305 e. The SMILES string of the molecule is Cc1cc(NC2CCc3ccc(Br)cc3C2)n2nc(C(C)(F)F)nc2n1. The number of aromatic nitrogens is 4. The summed E-state index contributed by atoms with van der Waals surface area (Å²) >= 11 is 3.52. The largest absolute Gasteiger partial charge is 0.367 e. The standard InChI is InChI=1S/C18H18BrF2N5/c1-10-7-15(26-17(22-10)24-16(25-26)18(2,20)21)23-14-6-4-11-3-5-13(19)8-12(11)9-14/h3,5,7-8,14,23H,4,6,9H2,1-2H3. The molecule has 1 unspecified atom stereocenters. The number of fused-ring (bicyclic) bond motifs is 2. The first-order chi connectivity index (χ1) is 12.3. The summed E-state index contributed by atoms with van der Waals surface area (Å²) in [7, 11) is 0. The minimum atomic E-state index is -3.10. The Labute approximate surface area is 158 Å². The van der Waals surface area contributed by atoms with Crippen molar-refractivity contribution in [2.75, 3.05) is 5.32 Å². The van der Waals surface area contributed by atoms with Gasteiger partial charge in [0, 0.05) is 29.2 Å². The van der Waals surface area contributed by atoms with Gasteiger partial charge in [-0.2, -0.15) is 18.3 Å². The minimum Gasteiger partial charge on any atom is -0.367 e. The highest BCUT2D eigenvalue weighted by Crippen LogP contribution is 2.28. The number of aryl methyl sites for hydroxylation is 2. The number of benzene rings is 1. The van der Waals surface area contributed by atoms with Gasteiger partial charge in [0.2, 0.25) is 5.82 Å². The van der Waals surface area contributed by atoms with Crippen molar-refractivity contribution in [3.05, 3.63) is 51.4 Å². The zero-order chi connectivity index (χ0) is 18.5. The van der Waals surface area contributed by atoms with E-state index in [2.05, 4.69) is 54.5 Å². The molecule has 1 aliphatic carbocycles. The number of hydrogen-bond donors (Lipinski definition) is 1. The maximum absolute atomic E-state index is 13.6. The summed E-state index contributed by atoms with van der Waals surface area (Å²) in [5, 5.41) is 7.42. The molecule has 26 heavy (non-hydrogen) atoms. The van der Waals surface area contributed by atoms with Crippen LogP contribution in [0.2, 0.25) is 0 Å². The van der Waals surface area contributed by atoms with Crippen molar-refractivity contribution in [3.8, 4) is 0 Å². The molecule has 136 valence electrons. The fraction of sp³-hybridized carbons (Fsp3) is 0.389. The Morgan fingerprint density at radius 2 is 2.04 bits per heavy atom. The topological polar surface area (TPSA) is 55.1 Å². The molecule has 3 aromatic rings. The maximum atomic E-state index is 13.6. The first-order valence-electron chi connectivity index (χ1n) is 8.46. The van der Waals surface area contributed by atoms with Crippen molar-refractivity contribution in [1.29, 1.82) is 0 Å². The molecule has 0 fully saturated rings. The average Bonchev–Trinajstić information content (AvgIpc) is 2.99. The van der Waals surface area contributed by atoms with Crippen LogP contribution in [0.25, 0.3) is 5.78 Å². The van der Waals surface area contributed by atoms with Crippen LogP contribution in [0, 0.1) is 6.92 Å². The van der Waals surface area contributed by atoms with Crippen LogP contribution < -0.4 is 5.32 Å². The fourth-order valence-electron chi connectivity index (χ4n) is 3.33. The van der Waals surface area contributed by atoms with Crippen LogP contribution in [-0.4, -0.2) is 25.6 Å². The van der Waals surface area contributed by atoms with Crippen molar-refractivity contribution >= 4 is 27.5 Å². The Morgan fingerprint density at radius 3 is 2.81 bits per heavy atom. The number of alkyl halides is 2. The summed E-state index contributed by atoms with van der Waals surface area (Å²) in [6.07, 6.45) is 2.80. The van der Waals surface area contributed by atoms with E-state index in [1.54, 1.807) is 0 Å². The molecule has 1 atom stereocenters. The zero-order valence-electron chi connectivity index (χ0n) is 14.4. The third-order valence-electron chi connectivity index (χ3n) is 4.58. The molecule has 0 aliphatic heterocycles. The molecule has 0 spiro atoms. The molecular weight excluding hydrogens is 404 g/mol. The van der Waals surface area contributed by atoms with E-state index in [1.165, 1.54) is 15.6 Å². The number of rotatable bonds is 3. The van der Waals surface area contributed by atoms with Gasteiger partial charge >= 0.3 is 5.92 Å². The van der Waals surface area contributed by atoms with E-state index >= 15 is 0 Å². The average molecular weight is 422 g/mol. The molecule has 0 radical (unpaired) electrons. The number of halogens is 3. The Balaban J connectivity index is 1.66. The molecule has 1 aliphatic rings. The predicted molar refractivity (Wildman–Crippen MR) is 98.7 cm³/mol. The van der Waals surface area contributed by atoms with Gasteiger partial charge in [0.25, 0.3) is 5.78 Å². The summed E-state index contributed by atoms with van der Waals surface area (Å²) in [5.74, 6) is -2.80. The van der Waals surface area contributed by atoms with Gasteiger partial charge in [0.15, 0.2) is 0 Å². The van der Waals surface area contributed by atoms with Gasteiger partial charge in [0.1, 0.15) is 5.82 Å². The predicted octanol–water partition coefficient (Wildman–Crippen LogP) is 4.28. The van der Waals surface area contributed by atoms with Gasteiger partial charge in [-0.05, 0) is 49.4 Å². The lowest BCUT2D eigenvalue weighted by Gasteiger charge is -2.26. The quantitative estimate of drug-likeness (QED) is 0.685. The molecule has 0 saturated carbocycles. The van der Waals surface area contributed by atoms with Gasteiger partial charge < -0.3 is 5.32 Å². The second-order valence-electron chi connectivity index (χ2n) is 6.82. The van der Waals surface area contributed by atoms with Crippen molar-refractivity contribution in [2.24, 2.45) is 0 Å². The van der Waals surface area contributed by atoms with E-state index in [9.17, 15) is 8.78 Å². The van der Waals surface area contributed by atoms with Crippen LogP contribution in [0.5, 0.6) is 0 Å². The summed E-state index contributed by atoms with van der Waals surface area (Å²) in [4.78, 5) is 8.11. The molecule has 1 aromatic carbocycles. The van der Waals surface area contributed by atoms with Crippen LogP contribution in [0.15, 0.2) is 28.7 Å². The van der Waals surface area contributed by atoms with E-state index in [1.807, 2.05) is 13.0 Å². The van der Waals surface area contributed by atoms with E-state index in [0.717, 1.165) is 30.7 Å². The number of anilines is 1. The highest BCUT2D eigenvalue weighted by atomic mass is 79.9. The first-order valence-corrected chi connectivity index (χ1v) is 9.25. The van der Waals surface area contributed by atoms with Crippen LogP contribution in [-0.2, 0) is 18.8 Å². The van der Waals surface area contributed by atoms with E-state index in [4.69, 9.17) is 0 Å². The fourth-order valence-corrected chi connectivity index (χ4v) is 3.74. The highest BCUT2D eigenvalue weighted by Gasteiger charge is 2.31. The van der Waals surface area contributed by atoms with Gasteiger partial charge in [-0.3, -0.25) is 0 Å². The summed E-state index contributed by atoms with van der Waals surface area (Å²) in [6.45, 7) is 2.61. The molecule has 0 saturated heterocycles. The molecule has 5 nitrogen and oxygen atoms in total. The number of nitrogens with zero attached hydrogens (tertiary/aromatic N) is 4. The van der Waals surface area contributed by atoms with E-state index in [0.29, 0.717) is 11.5 Å². The Hall–Kier alpha value is -2.09. The van der Waals surface area contributed by atoms with E-state index < -0.39 is 11.7 Å². The Bertz CT molecular complexity index is 980. The molecular formula is C18H18BrF2N5. The van der Waals surface area contributed by atoms with Gasteiger partial charge in [-0.25, -0.2) is 4.98 Å². The van der Waals surface area contributed by atoms with Crippen LogP contribution >= 0.6 is 15.9 Å². The van der Waals surface area contributed by atoms with Gasteiger partial charge in [-0.1, -0.05) is 22.0 Å². The van der Waals surface area contributed by atoms with Gasteiger partial charge in [0.05, 0.1) is 0 Å². The molecule has 2 heterocycles. The molecule has 4 rings (SSSR count). The molecule has 8 heteroatoms. The third kappa shape index (κ3) is 3.30.